The number of aromatic nitrogens is 3. The van der Waals surface area contributed by atoms with Gasteiger partial charge in [-0.05, 0) is 18.6 Å². The average molecular weight is 371 g/mol. The third-order valence-electron chi connectivity index (χ3n) is 4.21. The van der Waals surface area contributed by atoms with Crippen molar-refractivity contribution in [1.29, 1.82) is 0 Å². The number of carbonyl (C=O) groups is 1. The van der Waals surface area contributed by atoms with Crippen LogP contribution in [-0.4, -0.2) is 53.4 Å². The van der Waals surface area contributed by atoms with E-state index in [2.05, 4.69) is 31.0 Å². The van der Waals surface area contributed by atoms with E-state index in [4.69, 9.17) is 4.74 Å². The lowest BCUT2D eigenvalue weighted by Gasteiger charge is -2.25. The van der Waals surface area contributed by atoms with E-state index < -0.39 is 0 Å². The molecule has 1 aliphatic rings. The predicted molar refractivity (Wildman–Crippen MR) is 102 cm³/mol. The highest BCUT2D eigenvalue weighted by molar-refractivity contribution is 5.94. The van der Waals surface area contributed by atoms with Gasteiger partial charge in [0.2, 0.25) is 5.91 Å². The second-order valence-electron chi connectivity index (χ2n) is 6.28. The van der Waals surface area contributed by atoms with Gasteiger partial charge < -0.3 is 20.7 Å². The minimum Gasteiger partial charge on any atom is -0.377 e. The summed E-state index contributed by atoms with van der Waals surface area (Å²) in [6.45, 7) is 1.24. The molecule has 3 N–H and O–H groups in total. The van der Waals surface area contributed by atoms with Crippen molar-refractivity contribution in [3.8, 4) is 0 Å². The van der Waals surface area contributed by atoms with Gasteiger partial charge in [0, 0.05) is 32.3 Å². The van der Waals surface area contributed by atoms with Crippen molar-refractivity contribution in [1.82, 2.24) is 25.4 Å². The first-order valence-corrected chi connectivity index (χ1v) is 8.91. The van der Waals surface area contributed by atoms with Gasteiger partial charge in [0.15, 0.2) is 11.8 Å². The number of hydrogen-bond acceptors (Lipinski definition) is 5. The zero-order valence-electron chi connectivity index (χ0n) is 15.6. The number of fused-ring (bicyclic) bond motifs is 1. The number of aliphatic imine (C=N–C) groups is 1. The molecular formula is C18H25N7O2. The Kier molecular flexibility index (Phi) is 6.37. The molecule has 1 atom stereocenters. The molecule has 0 radical (unpaired) electrons. The SMILES string of the molecule is CN=C(NCC(=O)Nc1ccccc1)NC1CCc2nc(COC)nn2C1. The smallest absolute Gasteiger partial charge is 0.243 e. The molecule has 0 fully saturated rings. The Morgan fingerprint density at radius 2 is 2.19 bits per heavy atom. The maximum absolute atomic E-state index is 12.1. The molecule has 9 heteroatoms. The highest BCUT2D eigenvalue weighted by Crippen LogP contribution is 2.13. The Labute approximate surface area is 158 Å². The first kappa shape index (κ1) is 18.8. The fraction of sp³-hybridized carbons (Fsp3) is 0.444. The van der Waals surface area contributed by atoms with Crippen LogP contribution in [0.5, 0.6) is 0 Å². The van der Waals surface area contributed by atoms with Gasteiger partial charge in [0.25, 0.3) is 0 Å². The van der Waals surface area contributed by atoms with Gasteiger partial charge in [-0.1, -0.05) is 18.2 Å². The van der Waals surface area contributed by atoms with Gasteiger partial charge in [-0.15, -0.1) is 0 Å². The number of nitrogens with one attached hydrogen (secondary N) is 3. The Hall–Kier alpha value is -2.94. The molecule has 1 amide bonds. The van der Waals surface area contributed by atoms with Crippen LogP contribution in [0.15, 0.2) is 35.3 Å². The largest absolute Gasteiger partial charge is 0.377 e. The summed E-state index contributed by atoms with van der Waals surface area (Å²) in [6.07, 6.45) is 1.75. The maximum Gasteiger partial charge on any atom is 0.243 e. The third kappa shape index (κ3) is 5.27. The van der Waals surface area contributed by atoms with Crippen molar-refractivity contribution in [3.05, 3.63) is 42.0 Å². The molecule has 0 saturated carbocycles. The summed E-state index contributed by atoms with van der Waals surface area (Å²) in [5.74, 6) is 2.14. The first-order chi connectivity index (χ1) is 13.2. The third-order valence-corrected chi connectivity index (χ3v) is 4.21. The molecule has 1 aromatic heterocycles. The highest BCUT2D eigenvalue weighted by atomic mass is 16.5. The summed E-state index contributed by atoms with van der Waals surface area (Å²) < 4.78 is 7.00. The van der Waals surface area contributed by atoms with E-state index in [1.807, 2.05) is 35.0 Å². The van der Waals surface area contributed by atoms with Crippen LogP contribution in [0.25, 0.3) is 0 Å². The summed E-state index contributed by atoms with van der Waals surface area (Å²) >= 11 is 0. The van der Waals surface area contributed by atoms with Crippen molar-refractivity contribution < 1.29 is 9.53 Å². The van der Waals surface area contributed by atoms with Gasteiger partial charge in [0.05, 0.1) is 13.1 Å². The normalized spacial score (nSPS) is 16.5. The maximum atomic E-state index is 12.1. The molecular weight excluding hydrogens is 346 g/mol. The van der Waals surface area contributed by atoms with Crippen molar-refractivity contribution in [3.63, 3.8) is 0 Å². The number of anilines is 1. The lowest BCUT2D eigenvalue weighted by atomic mass is 10.1. The number of rotatable bonds is 6. The average Bonchev–Trinajstić information content (AvgIpc) is 3.08. The number of para-hydroxylation sites is 1. The number of carbonyl (C=O) groups excluding carboxylic acids is 1. The van der Waals surface area contributed by atoms with Gasteiger partial charge in [-0.2, -0.15) is 5.10 Å². The van der Waals surface area contributed by atoms with E-state index in [1.165, 1.54) is 0 Å². The van der Waals surface area contributed by atoms with Gasteiger partial charge in [-0.25, -0.2) is 9.67 Å². The van der Waals surface area contributed by atoms with Crippen LogP contribution in [0, 0.1) is 0 Å². The topological polar surface area (TPSA) is 105 Å². The molecule has 144 valence electrons. The number of nitrogens with zero attached hydrogens (tertiary/aromatic N) is 4. The zero-order chi connectivity index (χ0) is 19.1. The number of amides is 1. The first-order valence-electron chi connectivity index (χ1n) is 8.91. The monoisotopic (exact) mass is 371 g/mol. The molecule has 2 heterocycles. The van der Waals surface area contributed by atoms with Crippen LogP contribution in [0.2, 0.25) is 0 Å². The zero-order valence-corrected chi connectivity index (χ0v) is 15.6. The van der Waals surface area contributed by atoms with E-state index in [0.717, 1.165) is 24.4 Å². The van der Waals surface area contributed by atoms with Crippen molar-refractivity contribution >= 4 is 17.6 Å². The highest BCUT2D eigenvalue weighted by Gasteiger charge is 2.22. The molecule has 1 unspecified atom stereocenters. The van der Waals surface area contributed by atoms with Crippen LogP contribution in [0.4, 0.5) is 5.69 Å². The van der Waals surface area contributed by atoms with Crippen LogP contribution in [-0.2, 0) is 29.1 Å². The summed E-state index contributed by atoms with van der Waals surface area (Å²) in [7, 11) is 3.32. The number of guanidine groups is 1. The molecule has 2 aromatic rings. The Balaban J connectivity index is 1.48. The molecule has 0 bridgehead atoms. The summed E-state index contributed by atoms with van der Waals surface area (Å²) in [5, 5.41) is 13.7. The van der Waals surface area contributed by atoms with Crippen LogP contribution >= 0.6 is 0 Å². The Bertz CT molecular complexity index is 788. The number of aryl methyl sites for hydroxylation is 1. The fourth-order valence-corrected chi connectivity index (χ4v) is 2.95. The summed E-state index contributed by atoms with van der Waals surface area (Å²) in [6, 6.07) is 9.52. The van der Waals surface area contributed by atoms with Gasteiger partial charge in [-0.3, -0.25) is 9.79 Å². The van der Waals surface area contributed by atoms with Gasteiger partial charge >= 0.3 is 0 Å². The van der Waals surface area contributed by atoms with Crippen molar-refractivity contribution in [2.45, 2.75) is 32.0 Å². The van der Waals surface area contributed by atoms with E-state index in [-0.39, 0.29) is 18.5 Å². The summed E-state index contributed by atoms with van der Waals surface area (Å²) in [5.41, 5.74) is 0.769. The number of ether oxygens (including phenoxy) is 1. The van der Waals surface area contributed by atoms with E-state index in [9.17, 15) is 4.79 Å². The summed E-state index contributed by atoms with van der Waals surface area (Å²) in [4.78, 5) is 20.7. The number of hydrogen-bond donors (Lipinski definition) is 3. The number of benzene rings is 1. The lowest BCUT2D eigenvalue weighted by Crippen LogP contribution is -2.48. The molecule has 3 rings (SSSR count). The van der Waals surface area contributed by atoms with Gasteiger partial charge in [0.1, 0.15) is 12.4 Å². The predicted octanol–water partition coefficient (Wildman–Crippen LogP) is 0.543. The van der Waals surface area contributed by atoms with E-state index >= 15 is 0 Å². The molecule has 9 nitrogen and oxygen atoms in total. The minimum atomic E-state index is -0.129. The number of methoxy groups -OCH3 is 1. The molecule has 27 heavy (non-hydrogen) atoms. The van der Waals surface area contributed by atoms with Crippen LogP contribution in [0.1, 0.15) is 18.1 Å². The quantitative estimate of drug-likeness (QED) is 0.506. The van der Waals surface area contributed by atoms with Crippen LogP contribution in [0.3, 0.4) is 0 Å². The minimum absolute atomic E-state index is 0.129. The van der Waals surface area contributed by atoms with Crippen LogP contribution < -0.4 is 16.0 Å². The molecule has 0 aliphatic carbocycles. The molecule has 0 saturated heterocycles. The van der Waals surface area contributed by atoms with Crippen molar-refractivity contribution in [2.75, 3.05) is 26.0 Å². The van der Waals surface area contributed by atoms with E-state index in [1.54, 1.807) is 14.2 Å². The molecule has 0 spiro atoms. The Morgan fingerprint density at radius 3 is 2.93 bits per heavy atom. The standard InChI is InChI=1S/C18H25N7O2/c1-19-18(20-10-17(26)21-13-6-4-3-5-7-13)22-14-8-9-16-23-15(12-27-2)24-25(16)11-14/h3-7,14H,8-12H2,1-2H3,(H,21,26)(H2,19,20,22). The second kappa shape index (κ2) is 9.13. The second-order valence-corrected chi connectivity index (χ2v) is 6.28. The Morgan fingerprint density at radius 1 is 1.37 bits per heavy atom. The lowest BCUT2D eigenvalue weighted by molar-refractivity contribution is -0.115. The molecule has 1 aliphatic heterocycles. The molecule has 1 aromatic carbocycles. The van der Waals surface area contributed by atoms with Crippen molar-refractivity contribution in [2.24, 2.45) is 4.99 Å². The van der Waals surface area contributed by atoms with E-state index in [0.29, 0.717) is 24.9 Å². The fourth-order valence-electron chi connectivity index (χ4n) is 2.95.